The standard InChI is InChI=1S/C22H31F2N5O2/c1-5-14-9-16(27-31-14)21(30)28-8-6-7-13(12-28)15-10-17(20(23)24)29-19(25-15)11-18(26-29)22(2,3)4/h9,11,13,15,17,20,25H,5-8,10,12H2,1-4H3/t13?,15-,17+/m0/s1. The van der Waals surface area contributed by atoms with Crippen LogP contribution in [-0.4, -0.2) is 51.3 Å². The van der Waals surface area contributed by atoms with Crippen molar-refractivity contribution in [1.29, 1.82) is 0 Å². The van der Waals surface area contributed by atoms with Crippen LogP contribution in [0.15, 0.2) is 16.7 Å². The maximum Gasteiger partial charge on any atom is 0.276 e. The Morgan fingerprint density at radius 1 is 1.35 bits per heavy atom. The molecule has 2 aromatic rings. The number of piperidine rings is 1. The summed E-state index contributed by atoms with van der Waals surface area (Å²) < 4.78 is 34.5. The Bertz CT molecular complexity index is 933. The normalized spacial score (nSPS) is 24.2. The second-order valence-electron chi connectivity index (χ2n) is 9.68. The van der Waals surface area contributed by atoms with Gasteiger partial charge in [0.05, 0.1) is 5.69 Å². The molecule has 4 rings (SSSR count). The highest BCUT2D eigenvalue weighted by Gasteiger charge is 2.40. The van der Waals surface area contributed by atoms with Gasteiger partial charge < -0.3 is 14.7 Å². The van der Waals surface area contributed by atoms with Crippen molar-refractivity contribution in [2.45, 2.75) is 77.3 Å². The molecule has 2 aliphatic heterocycles. The molecule has 0 aromatic carbocycles. The van der Waals surface area contributed by atoms with Gasteiger partial charge in [0, 0.05) is 43.1 Å². The fraction of sp³-hybridized carbons (Fsp3) is 0.682. The number of aryl methyl sites for hydroxylation is 1. The van der Waals surface area contributed by atoms with Crippen LogP contribution in [0, 0.1) is 5.92 Å². The number of nitrogens with one attached hydrogen (secondary N) is 1. The molecule has 31 heavy (non-hydrogen) atoms. The molecule has 0 saturated carbocycles. The first kappa shape index (κ1) is 21.8. The molecule has 1 amide bonds. The van der Waals surface area contributed by atoms with Crippen LogP contribution in [0.5, 0.6) is 0 Å². The first-order chi connectivity index (χ1) is 14.7. The topological polar surface area (TPSA) is 76.2 Å². The number of aromatic nitrogens is 3. The molecule has 1 N–H and O–H groups in total. The van der Waals surface area contributed by atoms with Gasteiger partial charge >= 0.3 is 0 Å². The van der Waals surface area contributed by atoms with E-state index in [0.29, 0.717) is 36.8 Å². The van der Waals surface area contributed by atoms with Gasteiger partial charge in [-0.1, -0.05) is 32.9 Å². The van der Waals surface area contributed by atoms with Crippen molar-refractivity contribution in [3.05, 3.63) is 29.3 Å². The minimum atomic E-state index is -2.50. The molecule has 170 valence electrons. The maximum atomic E-state index is 13.9. The van der Waals surface area contributed by atoms with Crippen LogP contribution in [0.3, 0.4) is 0 Å². The van der Waals surface area contributed by atoms with E-state index in [2.05, 4.69) is 15.6 Å². The van der Waals surface area contributed by atoms with Crippen LogP contribution in [0.1, 0.15) is 74.9 Å². The number of anilines is 1. The lowest BCUT2D eigenvalue weighted by atomic mass is 9.85. The van der Waals surface area contributed by atoms with E-state index in [1.54, 1.807) is 11.0 Å². The largest absolute Gasteiger partial charge is 0.367 e. The van der Waals surface area contributed by atoms with Crippen LogP contribution in [-0.2, 0) is 11.8 Å². The quantitative estimate of drug-likeness (QED) is 0.776. The summed E-state index contributed by atoms with van der Waals surface area (Å²) in [4.78, 5) is 14.7. The average molecular weight is 436 g/mol. The molecule has 9 heteroatoms. The van der Waals surface area contributed by atoms with Crippen LogP contribution in [0.25, 0.3) is 0 Å². The molecule has 2 aliphatic rings. The molecular formula is C22H31F2N5O2. The van der Waals surface area contributed by atoms with Gasteiger partial charge in [0.2, 0.25) is 0 Å². The number of alkyl halides is 2. The Morgan fingerprint density at radius 2 is 2.13 bits per heavy atom. The summed E-state index contributed by atoms with van der Waals surface area (Å²) in [5.41, 5.74) is 0.879. The van der Waals surface area contributed by atoms with Crippen molar-refractivity contribution < 1.29 is 18.1 Å². The van der Waals surface area contributed by atoms with Gasteiger partial charge in [0.25, 0.3) is 12.3 Å². The summed E-state index contributed by atoms with van der Waals surface area (Å²) in [5, 5.41) is 11.8. The number of carbonyl (C=O) groups excluding carboxylic acids is 1. The summed E-state index contributed by atoms with van der Waals surface area (Å²) in [6, 6.07) is 2.46. The minimum absolute atomic E-state index is 0.0817. The van der Waals surface area contributed by atoms with Crippen LogP contribution < -0.4 is 5.32 Å². The van der Waals surface area contributed by atoms with Crippen LogP contribution in [0.2, 0.25) is 0 Å². The molecule has 2 aromatic heterocycles. The fourth-order valence-electron chi connectivity index (χ4n) is 4.52. The van der Waals surface area contributed by atoms with E-state index < -0.39 is 12.5 Å². The molecule has 0 spiro atoms. The van der Waals surface area contributed by atoms with Crippen LogP contribution >= 0.6 is 0 Å². The predicted octanol–water partition coefficient (Wildman–Crippen LogP) is 4.27. The van der Waals surface area contributed by atoms with Crippen LogP contribution in [0.4, 0.5) is 14.6 Å². The van der Waals surface area contributed by atoms with Gasteiger partial charge in [-0.15, -0.1) is 0 Å². The summed E-state index contributed by atoms with van der Waals surface area (Å²) in [6.07, 6.45) is 0.177. The number of halogens is 2. The van der Waals surface area contributed by atoms with Gasteiger partial charge in [0.15, 0.2) is 5.69 Å². The average Bonchev–Trinajstić information content (AvgIpc) is 3.39. The number of nitrogens with zero attached hydrogens (tertiary/aromatic N) is 4. The molecule has 0 aliphatic carbocycles. The second kappa shape index (κ2) is 8.24. The lowest BCUT2D eigenvalue weighted by Gasteiger charge is -2.41. The smallest absolute Gasteiger partial charge is 0.276 e. The summed E-state index contributed by atoms with van der Waals surface area (Å²) in [6.45, 7) is 9.16. The highest BCUT2D eigenvalue weighted by atomic mass is 19.3. The van der Waals surface area contributed by atoms with E-state index in [1.807, 2.05) is 33.8 Å². The lowest BCUT2D eigenvalue weighted by Crippen LogP contribution is -2.48. The number of hydrogen-bond donors (Lipinski definition) is 1. The van der Waals surface area contributed by atoms with Crippen molar-refractivity contribution >= 4 is 11.7 Å². The highest BCUT2D eigenvalue weighted by Crippen LogP contribution is 2.38. The van der Waals surface area contributed by atoms with Crippen molar-refractivity contribution in [2.24, 2.45) is 5.92 Å². The summed E-state index contributed by atoms with van der Waals surface area (Å²) >= 11 is 0. The molecule has 0 bridgehead atoms. The van der Waals surface area contributed by atoms with Gasteiger partial charge in [-0.05, 0) is 25.2 Å². The Balaban J connectivity index is 1.52. The van der Waals surface area contributed by atoms with Gasteiger partial charge in [-0.2, -0.15) is 5.10 Å². The molecule has 4 heterocycles. The van der Waals surface area contributed by atoms with Crippen molar-refractivity contribution in [3.8, 4) is 0 Å². The molecule has 0 radical (unpaired) electrons. The van der Waals surface area contributed by atoms with Gasteiger partial charge in [0.1, 0.15) is 17.6 Å². The van der Waals surface area contributed by atoms with E-state index >= 15 is 0 Å². The molecule has 1 saturated heterocycles. The molecular weight excluding hydrogens is 404 g/mol. The number of rotatable bonds is 4. The van der Waals surface area contributed by atoms with E-state index in [4.69, 9.17) is 4.52 Å². The maximum absolute atomic E-state index is 13.9. The zero-order valence-electron chi connectivity index (χ0n) is 18.6. The van der Waals surface area contributed by atoms with Gasteiger partial charge in [-0.3, -0.25) is 4.79 Å². The Kier molecular flexibility index (Phi) is 5.79. The molecule has 1 unspecified atom stereocenters. The number of carbonyl (C=O) groups is 1. The third-order valence-electron chi connectivity index (χ3n) is 6.38. The van der Waals surface area contributed by atoms with E-state index in [1.165, 1.54) is 4.68 Å². The monoisotopic (exact) mass is 435 g/mol. The number of hydrogen-bond acceptors (Lipinski definition) is 5. The third-order valence-corrected chi connectivity index (χ3v) is 6.38. The zero-order chi connectivity index (χ0) is 22.3. The summed E-state index contributed by atoms with van der Waals surface area (Å²) in [7, 11) is 0. The Morgan fingerprint density at radius 3 is 2.77 bits per heavy atom. The number of amides is 1. The first-order valence-corrected chi connectivity index (χ1v) is 11.1. The number of likely N-dealkylation sites (tertiary alicyclic amines) is 1. The minimum Gasteiger partial charge on any atom is -0.367 e. The molecule has 1 fully saturated rings. The zero-order valence-corrected chi connectivity index (χ0v) is 18.6. The molecule has 7 nitrogen and oxygen atoms in total. The number of fused-ring (bicyclic) bond motifs is 1. The Labute approximate surface area is 181 Å². The fourth-order valence-corrected chi connectivity index (χ4v) is 4.52. The second-order valence-corrected chi connectivity index (χ2v) is 9.68. The first-order valence-electron chi connectivity index (χ1n) is 11.1. The van der Waals surface area contributed by atoms with E-state index in [0.717, 1.165) is 18.5 Å². The molecule has 3 atom stereocenters. The van der Waals surface area contributed by atoms with Crippen molar-refractivity contribution in [2.75, 3.05) is 18.4 Å². The highest BCUT2D eigenvalue weighted by molar-refractivity contribution is 5.92. The van der Waals surface area contributed by atoms with Gasteiger partial charge in [-0.25, -0.2) is 13.5 Å². The predicted molar refractivity (Wildman–Crippen MR) is 113 cm³/mol. The lowest BCUT2D eigenvalue weighted by molar-refractivity contribution is 0.0500. The van der Waals surface area contributed by atoms with Crippen molar-refractivity contribution in [3.63, 3.8) is 0 Å². The summed E-state index contributed by atoms with van der Waals surface area (Å²) in [5.74, 6) is 1.24. The Hall–Kier alpha value is -2.45. The van der Waals surface area contributed by atoms with E-state index in [-0.39, 0.29) is 29.7 Å². The SMILES string of the molecule is CCc1cc(C(=O)N2CCCC([C@@H]3C[C@H](C(F)F)n4nc(C(C)(C)C)cc4N3)C2)no1. The van der Waals surface area contributed by atoms with E-state index in [9.17, 15) is 13.6 Å². The third kappa shape index (κ3) is 4.32. The van der Waals surface area contributed by atoms with Crippen molar-refractivity contribution in [1.82, 2.24) is 19.8 Å².